The van der Waals surface area contributed by atoms with Crippen molar-refractivity contribution in [2.75, 3.05) is 6.61 Å². The second-order valence-electron chi connectivity index (χ2n) is 4.64. The van der Waals surface area contributed by atoms with Crippen LogP contribution in [0.2, 0.25) is 0 Å². The molecular weight excluding hydrogens is 427 g/mol. The van der Waals surface area contributed by atoms with Crippen LogP contribution in [0.4, 0.5) is 0 Å². The van der Waals surface area contributed by atoms with Gasteiger partial charge in [-0.05, 0) is 24.5 Å². The molecule has 0 bridgehead atoms. The molecule has 4 nitrogen and oxygen atoms in total. The van der Waals surface area contributed by atoms with Gasteiger partial charge in [0.25, 0.3) is 0 Å². The number of rotatable bonds is 0. The van der Waals surface area contributed by atoms with Crippen LogP contribution in [0.5, 0.6) is 0 Å². The minimum Gasteiger partial charge on any atom is -0.494 e. The number of hydrogen-bond acceptors (Lipinski definition) is 4. The van der Waals surface area contributed by atoms with Crippen molar-refractivity contribution < 1.29 is 4.74 Å². The van der Waals surface area contributed by atoms with Crippen LogP contribution < -0.4 is 0 Å². The maximum atomic E-state index is 5.53. The van der Waals surface area contributed by atoms with Crippen molar-refractivity contribution in [3.05, 3.63) is 41.5 Å². The summed E-state index contributed by atoms with van der Waals surface area (Å²) in [6.07, 6.45) is 9.07. The third-order valence-electron chi connectivity index (χ3n) is 2.96. The Balaban J connectivity index is 0.000000182. The Morgan fingerprint density at radius 3 is 2.04 bits per heavy atom. The van der Waals surface area contributed by atoms with Gasteiger partial charge >= 0.3 is 0 Å². The Morgan fingerprint density at radius 2 is 1.52 bits per heavy atom. The van der Waals surface area contributed by atoms with Crippen LogP contribution in [0.25, 0.3) is 0 Å². The van der Waals surface area contributed by atoms with Gasteiger partial charge < -0.3 is 4.74 Å². The van der Waals surface area contributed by atoms with E-state index >= 15 is 0 Å². The average Bonchev–Trinajstić information content (AvgIpc) is 2.95. The van der Waals surface area contributed by atoms with Gasteiger partial charge in [-0.1, -0.05) is 75.7 Å². The van der Waals surface area contributed by atoms with Crippen molar-refractivity contribution in [1.29, 1.82) is 0 Å². The van der Waals surface area contributed by atoms with Gasteiger partial charge in [0, 0.05) is 6.42 Å². The number of aromatic nitrogens is 3. The molecule has 2 heterocycles. The fraction of sp³-hybridized carbons (Fsp3) is 0.462. The molecule has 0 fully saturated rings. The molecule has 0 aromatic carbocycles. The van der Waals surface area contributed by atoms with Crippen molar-refractivity contribution in [2.24, 2.45) is 0 Å². The van der Waals surface area contributed by atoms with Crippen LogP contribution in [-0.2, 0) is 12.3 Å². The molecule has 23 heavy (non-hydrogen) atoms. The van der Waals surface area contributed by atoms with E-state index in [-0.39, 0.29) is 11.6 Å². The lowest BCUT2D eigenvalue weighted by Crippen LogP contribution is -2.14. The van der Waals surface area contributed by atoms with E-state index in [4.69, 9.17) is 74.3 Å². The Hall–Kier alpha value is 0.0300. The predicted molar refractivity (Wildman–Crippen MR) is 94.3 cm³/mol. The highest BCUT2D eigenvalue weighted by molar-refractivity contribution is 6.67. The van der Waals surface area contributed by atoms with Crippen molar-refractivity contribution in [3.63, 3.8) is 0 Å². The Morgan fingerprint density at radius 1 is 0.913 bits per heavy atom. The van der Waals surface area contributed by atoms with Crippen LogP contribution in [0.1, 0.15) is 30.9 Å². The van der Waals surface area contributed by atoms with Gasteiger partial charge in [0.2, 0.25) is 7.59 Å². The molecule has 0 saturated carbocycles. The summed E-state index contributed by atoms with van der Waals surface area (Å²) in [6, 6.07) is 0. The fourth-order valence-corrected chi connectivity index (χ4v) is 2.54. The summed E-state index contributed by atoms with van der Waals surface area (Å²) in [5.74, 6) is 1.05. The van der Waals surface area contributed by atoms with E-state index in [1.54, 1.807) is 0 Å². The van der Waals surface area contributed by atoms with Gasteiger partial charge in [0.15, 0.2) is 11.6 Å². The standard InChI is InChI=1S/C8H10O.C5HCl6N3/c1-3-7-4-2-6-9-8(7)5-1;6-4(7,8)2-12-1-13-3(14-2)5(9,10)11/h2,4H,1,3,5-6H2;1H. The first-order valence-electron chi connectivity index (χ1n) is 6.52. The molecule has 1 aliphatic heterocycles. The number of halogens is 6. The normalized spacial score (nSPS) is 17.3. The van der Waals surface area contributed by atoms with Crippen LogP contribution in [0.15, 0.2) is 29.8 Å². The quantitative estimate of drug-likeness (QED) is 0.500. The smallest absolute Gasteiger partial charge is 0.250 e. The van der Waals surface area contributed by atoms with Crippen molar-refractivity contribution in [2.45, 2.75) is 26.8 Å². The zero-order chi connectivity index (χ0) is 17.1. The minimum absolute atomic E-state index is 0.0983. The highest BCUT2D eigenvalue weighted by atomic mass is 35.6. The first-order chi connectivity index (χ1) is 10.7. The Kier molecular flexibility index (Phi) is 6.68. The zero-order valence-corrected chi connectivity index (χ0v) is 16.1. The summed E-state index contributed by atoms with van der Waals surface area (Å²) in [4.78, 5) is 11.0. The molecule has 10 heteroatoms. The van der Waals surface area contributed by atoms with E-state index in [9.17, 15) is 0 Å². The molecule has 3 rings (SSSR count). The first-order valence-corrected chi connectivity index (χ1v) is 8.79. The lowest BCUT2D eigenvalue weighted by Gasteiger charge is -2.12. The molecule has 126 valence electrons. The highest BCUT2D eigenvalue weighted by Crippen LogP contribution is 2.39. The Labute approximate surface area is 163 Å². The van der Waals surface area contributed by atoms with E-state index < -0.39 is 7.59 Å². The number of hydrogen-bond donors (Lipinski definition) is 0. The van der Waals surface area contributed by atoms with Gasteiger partial charge in [-0.2, -0.15) is 0 Å². The first kappa shape index (κ1) is 19.4. The molecule has 0 unspecified atom stereocenters. The molecule has 0 atom stereocenters. The lowest BCUT2D eigenvalue weighted by atomic mass is 10.2. The summed E-state index contributed by atoms with van der Waals surface area (Å²) in [6.45, 7) is 0.791. The van der Waals surface area contributed by atoms with E-state index in [0.717, 1.165) is 12.9 Å². The fourth-order valence-electron chi connectivity index (χ4n) is 1.99. The van der Waals surface area contributed by atoms with Gasteiger partial charge in [0.05, 0.1) is 5.76 Å². The second kappa shape index (κ2) is 7.94. The van der Waals surface area contributed by atoms with Crippen molar-refractivity contribution >= 4 is 69.6 Å². The molecule has 1 aliphatic carbocycles. The van der Waals surface area contributed by atoms with Gasteiger partial charge in [-0.3, -0.25) is 0 Å². The monoisotopic (exact) mass is 435 g/mol. The third kappa shape index (κ3) is 5.80. The topological polar surface area (TPSA) is 47.9 Å². The highest BCUT2D eigenvalue weighted by Gasteiger charge is 2.32. The summed E-state index contributed by atoms with van der Waals surface area (Å²) < 4.78 is 1.85. The molecule has 0 radical (unpaired) electrons. The molecular formula is C13H11Cl6N3O. The zero-order valence-electron chi connectivity index (χ0n) is 11.6. The summed E-state index contributed by atoms with van der Waals surface area (Å²) in [7, 11) is 0. The van der Waals surface area contributed by atoms with E-state index in [1.165, 1.54) is 30.6 Å². The Bertz CT molecular complexity index is 592. The molecule has 0 saturated heterocycles. The average molecular weight is 438 g/mol. The predicted octanol–water partition coefficient (Wildman–Crippen LogP) is 5.54. The summed E-state index contributed by atoms with van der Waals surface area (Å²) >= 11 is 33.2. The summed E-state index contributed by atoms with van der Waals surface area (Å²) in [5.41, 5.74) is 1.43. The molecule has 0 spiro atoms. The largest absolute Gasteiger partial charge is 0.494 e. The number of nitrogens with zero attached hydrogens (tertiary/aromatic N) is 3. The minimum atomic E-state index is -1.77. The van der Waals surface area contributed by atoms with Crippen molar-refractivity contribution in [3.8, 4) is 0 Å². The summed E-state index contributed by atoms with van der Waals surface area (Å²) in [5, 5.41) is 0. The number of alkyl halides is 6. The van der Waals surface area contributed by atoms with Crippen LogP contribution in [-0.4, -0.2) is 21.6 Å². The van der Waals surface area contributed by atoms with Gasteiger partial charge in [0.1, 0.15) is 12.9 Å². The van der Waals surface area contributed by atoms with Gasteiger partial charge in [-0.15, -0.1) is 0 Å². The SMILES string of the molecule is C1=CC2=C(CCC2)OC1.ClC(Cl)(Cl)c1ncnc(C(Cl)(Cl)Cl)n1. The second-order valence-corrected chi connectivity index (χ2v) is 9.21. The molecule has 0 N–H and O–H groups in total. The maximum Gasteiger partial charge on any atom is 0.250 e. The molecule has 1 aromatic rings. The maximum absolute atomic E-state index is 5.53. The molecule has 1 aromatic heterocycles. The number of ether oxygens (including phenoxy) is 1. The van der Waals surface area contributed by atoms with Crippen LogP contribution in [0, 0.1) is 0 Å². The lowest BCUT2D eigenvalue weighted by molar-refractivity contribution is 0.235. The van der Waals surface area contributed by atoms with Gasteiger partial charge in [-0.25, -0.2) is 15.0 Å². The van der Waals surface area contributed by atoms with E-state index in [0.29, 0.717) is 0 Å². The molecule has 2 aliphatic rings. The van der Waals surface area contributed by atoms with Crippen LogP contribution in [0.3, 0.4) is 0 Å². The van der Waals surface area contributed by atoms with Crippen molar-refractivity contribution in [1.82, 2.24) is 15.0 Å². The molecule has 0 amide bonds. The van der Waals surface area contributed by atoms with E-state index in [1.807, 2.05) is 0 Å². The third-order valence-corrected chi connectivity index (χ3v) is 3.97. The number of allylic oxidation sites excluding steroid dienone is 3. The van der Waals surface area contributed by atoms with Crippen LogP contribution >= 0.6 is 69.6 Å². The van der Waals surface area contributed by atoms with E-state index in [2.05, 4.69) is 27.1 Å².